The maximum Gasteiger partial charge on any atom is 0.337 e. The lowest BCUT2D eigenvalue weighted by Crippen LogP contribution is -2.02. The average Bonchev–Trinajstić information content (AvgIpc) is 2.16. The summed E-state index contributed by atoms with van der Waals surface area (Å²) in [5.41, 5.74) is 1.23. The minimum atomic E-state index is -0.386. The first-order valence-corrected chi connectivity index (χ1v) is 4.19. The van der Waals surface area contributed by atoms with Crippen molar-refractivity contribution in [3.8, 4) is 0 Å². The Labute approximate surface area is 80.6 Å². The lowest BCUT2D eigenvalue weighted by atomic mass is 10.2. The van der Waals surface area contributed by atoms with Crippen molar-refractivity contribution in [3.05, 3.63) is 36.5 Å². The van der Waals surface area contributed by atoms with Crippen LogP contribution in [0.2, 0.25) is 0 Å². The van der Waals surface area contributed by atoms with Gasteiger partial charge in [0.25, 0.3) is 0 Å². The average molecular weight is 182 g/mol. The molecule has 0 aromatic heterocycles. The van der Waals surface area contributed by atoms with Crippen molar-refractivity contribution in [1.29, 1.82) is 0 Å². The van der Waals surface area contributed by atoms with Crippen LogP contribution in [0.5, 0.6) is 0 Å². The minimum Gasteiger partial charge on any atom is -0.465 e. The third kappa shape index (κ3) is 7.06. The molecule has 0 aliphatic carbocycles. The number of carbonyl (C=O) groups excluding carboxylic acids is 1. The van der Waals surface area contributed by atoms with E-state index >= 15 is 0 Å². The van der Waals surface area contributed by atoms with E-state index in [1.165, 1.54) is 13.2 Å². The molecule has 0 fully saturated rings. The first kappa shape index (κ1) is 14.2. The molecular formula is C11H18O2. The SMILES string of the molecule is C=C/C(=C\C(=C)C)C(=O)OC.CC. The predicted octanol–water partition coefficient (Wildman–Crippen LogP) is 2.87. The molecule has 0 rings (SSSR count). The van der Waals surface area contributed by atoms with Crippen LogP contribution in [0.3, 0.4) is 0 Å². The summed E-state index contributed by atoms with van der Waals surface area (Å²) in [6, 6.07) is 0. The van der Waals surface area contributed by atoms with Crippen molar-refractivity contribution in [2.75, 3.05) is 7.11 Å². The summed E-state index contributed by atoms with van der Waals surface area (Å²) in [5.74, 6) is -0.386. The number of hydrogen-bond donors (Lipinski definition) is 0. The Morgan fingerprint density at radius 1 is 1.38 bits per heavy atom. The Morgan fingerprint density at radius 2 is 1.85 bits per heavy atom. The quantitative estimate of drug-likeness (QED) is 0.381. The van der Waals surface area contributed by atoms with Crippen LogP contribution < -0.4 is 0 Å². The van der Waals surface area contributed by atoms with Crippen LogP contribution in [-0.2, 0) is 9.53 Å². The fourth-order valence-electron chi connectivity index (χ4n) is 0.584. The minimum absolute atomic E-state index is 0.386. The van der Waals surface area contributed by atoms with Crippen molar-refractivity contribution < 1.29 is 9.53 Å². The first-order chi connectivity index (χ1) is 6.11. The highest BCUT2D eigenvalue weighted by atomic mass is 16.5. The Kier molecular flexibility index (Phi) is 9.61. The van der Waals surface area contributed by atoms with Gasteiger partial charge >= 0.3 is 5.97 Å². The fourth-order valence-corrected chi connectivity index (χ4v) is 0.584. The van der Waals surface area contributed by atoms with Gasteiger partial charge in [0.05, 0.1) is 12.7 Å². The standard InChI is InChI=1S/C9H12O2.C2H6/c1-5-8(6-7(2)3)9(10)11-4;1-2/h5-6H,1-2H2,3-4H3;1-2H3/b8-6+;. The second kappa shape index (κ2) is 8.78. The van der Waals surface area contributed by atoms with Crippen molar-refractivity contribution in [2.24, 2.45) is 0 Å². The van der Waals surface area contributed by atoms with E-state index in [1.54, 1.807) is 13.0 Å². The lowest BCUT2D eigenvalue weighted by molar-refractivity contribution is -0.135. The number of esters is 1. The van der Waals surface area contributed by atoms with Crippen molar-refractivity contribution in [3.63, 3.8) is 0 Å². The van der Waals surface area contributed by atoms with Crippen LogP contribution in [0.25, 0.3) is 0 Å². The predicted molar refractivity (Wildman–Crippen MR) is 56.5 cm³/mol. The molecule has 0 N–H and O–H groups in total. The topological polar surface area (TPSA) is 26.3 Å². The number of allylic oxidation sites excluding steroid dienone is 2. The molecule has 13 heavy (non-hydrogen) atoms. The van der Waals surface area contributed by atoms with Gasteiger partial charge in [0.2, 0.25) is 0 Å². The highest BCUT2D eigenvalue weighted by molar-refractivity contribution is 5.91. The van der Waals surface area contributed by atoms with Crippen LogP contribution in [0.1, 0.15) is 20.8 Å². The van der Waals surface area contributed by atoms with Gasteiger partial charge in [-0.3, -0.25) is 0 Å². The van der Waals surface area contributed by atoms with Crippen LogP contribution >= 0.6 is 0 Å². The molecule has 0 aromatic carbocycles. The summed E-state index contributed by atoms with van der Waals surface area (Å²) in [6.07, 6.45) is 3.07. The van der Waals surface area contributed by atoms with Crippen LogP contribution in [0.15, 0.2) is 36.5 Å². The van der Waals surface area contributed by atoms with E-state index in [0.29, 0.717) is 5.57 Å². The second-order valence-electron chi connectivity index (χ2n) is 2.14. The van der Waals surface area contributed by atoms with Crippen molar-refractivity contribution in [2.45, 2.75) is 20.8 Å². The number of carbonyl (C=O) groups is 1. The maximum absolute atomic E-state index is 10.9. The molecule has 0 saturated carbocycles. The summed E-state index contributed by atoms with van der Waals surface area (Å²) in [7, 11) is 1.33. The van der Waals surface area contributed by atoms with Crippen LogP contribution in [-0.4, -0.2) is 13.1 Å². The Bertz CT molecular complexity index is 212. The molecule has 2 nitrogen and oxygen atoms in total. The van der Waals surface area contributed by atoms with Gasteiger partial charge in [-0.1, -0.05) is 38.7 Å². The van der Waals surface area contributed by atoms with Gasteiger partial charge in [0.15, 0.2) is 0 Å². The van der Waals surface area contributed by atoms with Gasteiger partial charge in [-0.15, -0.1) is 0 Å². The van der Waals surface area contributed by atoms with E-state index in [2.05, 4.69) is 17.9 Å². The second-order valence-corrected chi connectivity index (χ2v) is 2.14. The zero-order chi connectivity index (χ0) is 10.9. The molecule has 0 unspecified atom stereocenters. The molecule has 0 saturated heterocycles. The van der Waals surface area contributed by atoms with E-state index in [0.717, 1.165) is 5.57 Å². The van der Waals surface area contributed by atoms with Crippen LogP contribution in [0.4, 0.5) is 0 Å². The monoisotopic (exact) mass is 182 g/mol. The van der Waals surface area contributed by atoms with Crippen molar-refractivity contribution >= 4 is 5.97 Å². The number of methoxy groups -OCH3 is 1. The third-order valence-corrected chi connectivity index (χ3v) is 1.04. The van der Waals surface area contributed by atoms with Crippen LogP contribution in [0, 0.1) is 0 Å². The summed E-state index contributed by atoms with van der Waals surface area (Å²) >= 11 is 0. The number of hydrogen-bond acceptors (Lipinski definition) is 2. The lowest BCUT2D eigenvalue weighted by Gasteiger charge is -1.97. The molecule has 0 heterocycles. The molecule has 0 aliphatic rings. The molecular weight excluding hydrogens is 164 g/mol. The summed E-state index contributed by atoms with van der Waals surface area (Å²) in [6.45, 7) is 12.9. The molecule has 0 aromatic rings. The summed E-state index contributed by atoms with van der Waals surface area (Å²) in [5, 5.41) is 0. The number of rotatable bonds is 3. The molecule has 0 amide bonds. The van der Waals surface area contributed by atoms with E-state index in [-0.39, 0.29) is 5.97 Å². The number of ether oxygens (including phenoxy) is 1. The van der Waals surface area contributed by atoms with E-state index < -0.39 is 0 Å². The van der Waals surface area contributed by atoms with Gasteiger partial charge in [0, 0.05) is 0 Å². The van der Waals surface area contributed by atoms with Gasteiger partial charge in [-0.2, -0.15) is 0 Å². The fraction of sp³-hybridized carbons (Fsp3) is 0.364. The molecule has 0 bridgehead atoms. The Balaban J connectivity index is 0. The van der Waals surface area contributed by atoms with E-state index in [4.69, 9.17) is 0 Å². The first-order valence-electron chi connectivity index (χ1n) is 4.19. The Morgan fingerprint density at radius 3 is 2.08 bits per heavy atom. The van der Waals surface area contributed by atoms with Gasteiger partial charge in [-0.05, 0) is 13.0 Å². The van der Waals surface area contributed by atoms with E-state index in [9.17, 15) is 4.79 Å². The summed E-state index contributed by atoms with van der Waals surface area (Å²) < 4.78 is 4.48. The third-order valence-electron chi connectivity index (χ3n) is 1.04. The van der Waals surface area contributed by atoms with Gasteiger partial charge in [0.1, 0.15) is 0 Å². The molecule has 0 atom stereocenters. The normalized spacial score (nSPS) is 9.38. The van der Waals surface area contributed by atoms with Gasteiger partial charge < -0.3 is 4.74 Å². The molecule has 2 heteroatoms. The van der Waals surface area contributed by atoms with Gasteiger partial charge in [-0.25, -0.2) is 4.79 Å². The Hall–Kier alpha value is -1.31. The maximum atomic E-state index is 10.9. The zero-order valence-electron chi connectivity index (χ0n) is 8.89. The molecule has 0 radical (unpaired) electrons. The van der Waals surface area contributed by atoms with E-state index in [1.807, 2.05) is 13.8 Å². The summed E-state index contributed by atoms with van der Waals surface area (Å²) in [4.78, 5) is 10.9. The zero-order valence-corrected chi connectivity index (χ0v) is 8.89. The largest absolute Gasteiger partial charge is 0.465 e. The molecule has 0 spiro atoms. The highest BCUT2D eigenvalue weighted by Gasteiger charge is 2.03. The molecule has 74 valence electrons. The van der Waals surface area contributed by atoms with Crippen molar-refractivity contribution in [1.82, 2.24) is 0 Å². The smallest absolute Gasteiger partial charge is 0.337 e. The highest BCUT2D eigenvalue weighted by Crippen LogP contribution is 2.02. The molecule has 0 aliphatic heterocycles.